The van der Waals surface area contributed by atoms with Gasteiger partial charge in [-0.25, -0.2) is 0 Å². The first-order valence-electron chi connectivity index (χ1n) is 9.83. The summed E-state index contributed by atoms with van der Waals surface area (Å²) in [6.45, 7) is 2.34. The summed E-state index contributed by atoms with van der Waals surface area (Å²) in [5.74, 6) is -5.13. The van der Waals surface area contributed by atoms with E-state index in [1.165, 1.54) is 13.8 Å². The lowest BCUT2D eigenvalue weighted by atomic mass is 9.64. The van der Waals surface area contributed by atoms with Crippen LogP contribution in [0.4, 0.5) is 0 Å². The molecule has 4 atom stereocenters. The molecule has 1 rings (SSSR count). The van der Waals surface area contributed by atoms with Crippen molar-refractivity contribution in [2.75, 3.05) is 6.61 Å². The van der Waals surface area contributed by atoms with Gasteiger partial charge in [-0.1, -0.05) is 0 Å². The smallest absolute Gasteiger partial charge is 0.268 e. The van der Waals surface area contributed by atoms with Gasteiger partial charge < -0.3 is 53.5 Å². The highest BCUT2D eigenvalue weighted by atomic mass is 31.2. The lowest BCUT2D eigenvalue weighted by Gasteiger charge is -2.42. The van der Waals surface area contributed by atoms with Gasteiger partial charge in [0, 0.05) is 24.3 Å². The maximum Gasteiger partial charge on any atom is 0.268 e. The molecule has 1 fully saturated rings. The van der Waals surface area contributed by atoms with E-state index in [9.17, 15) is 44.3 Å². The molecule has 0 radical (unpaired) electrons. The quantitative estimate of drug-likeness (QED) is 0.243. The standard InChI is InChI=1S/C18H31O12P/c1-11(2)30-31(26,27)28-10-13-12(9-17(25)29-13)18(6-3-14(19)20,7-4-15(21)22)8-5-16(23)24/h11-13,17,25H,3-10H2,1-2H3,(H,19,20)(H,21,22)(H,23,24)(H,26,27)/p-4. The van der Waals surface area contributed by atoms with Gasteiger partial charge in [0.25, 0.3) is 7.82 Å². The summed E-state index contributed by atoms with van der Waals surface area (Å²) >= 11 is 0. The average Bonchev–Trinajstić information content (AvgIpc) is 2.99. The second kappa shape index (κ2) is 11.9. The van der Waals surface area contributed by atoms with Gasteiger partial charge in [-0.3, -0.25) is 4.57 Å². The van der Waals surface area contributed by atoms with E-state index in [1.54, 1.807) is 0 Å². The molecule has 1 aliphatic rings. The van der Waals surface area contributed by atoms with Crippen LogP contribution in [0.2, 0.25) is 0 Å². The molecule has 13 heteroatoms. The SMILES string of the molecule is CC(C)OP(=O)([O-])OCC1OC(O)CC1C(CCC(=O)[O-])(CCC(=O)[O-])CCC(=O)[O-]. The topological polar surface area (TPSA) is 208 Å². The van der Waals surface area contributed by atoms with Crippen LogP contribution in [0.3, 0.4) is 0 Å². The van der Waals surface area contributed by atoms with Crippen LogP contribution in [-0.2, 0) is 32.7 Å². The van der Waals surface area contributed by atoms with Crippen LogP contribution < -0.4 is 20.2 Å². The molecular weight excluding hydrogens is 439 g/mol. The number of carbonyl (C=O) groups is 3. The normalized spacial score (nSPS) is 23.6. The molecule has 1 aliphatic heterocycles. The molecule has 0 bridgehead atoms. The van der Waals surface area contributed by atoms with E-state index < -0.39 is 81.4 Å². The molecule has 0 aliphatic carbocycles. The van der Waals surface area contributed by atoms with Crippen LogP contribution in [0.25, 0.3) is 0 Å². The third kappa shape index (κ3) is 9.63. The molecule has 0 aromatic carbocycles. The summed E-state index contributed by atoms with van der Waals surface area (Å²) in [7, 11) is -4.72. The summed E-state index contributed by atoms with van der Waals surface area (Å²) in [5.41, 5.74) is -1.27. The van der Waals surface area contributed by atoms with Crippen molar-refractivity contribution in [2.24, 2.45) is 11.3 Å². The summed E-state index contributed by atoms with van der Waals surface area (Å²) in [4.78, 5) is 45.1. The van der Waals surface area contributed by atoms with E-state index in [2.05, 4.69) is 4.52 Å². The molecule has 31 heavy (non-hydrogen) atoms. The van der Waals surface area contributed by atoms with Crippen molar-refractivity contribution in [3.63, 3.8) is 0 Å². The van der Waals surface area contributed by atoms with Gasteiger partial charge in [-0.05, 0) is 63.7 Å². The van der Waals surface area contributed by atoms with Crippen molar-refractivity contribution in [3.8, 4) is 0 Å². The highest BCUT2D eigenvalue weighted by Crippen LogP contribution is 2.50. The molecule has 0 aromatic rings. The minimum atomic E-state index is -4.72. The number of ether oxygens (including phenoxy) is 1. The van der Waals surface area contributed by atoms with Gasteiger partial charge in [0.05, 0.1) is 18.8 Å². The number of hydrogen-bond acceptors (Lipinski definition) is 12. The second-order valence-corrected chi connectivity index (χ2v) is 9.21. The zero-order chi connectivity index (χ0) is 23.8. The number of carbonyl (C=O) groups excluding carboxylic acids is 3. The number of hydrogen-bond donors (Lipinski definition) is 1. The number of aliphatic carboxylic acids is 3. The number of carboxylic acids is 3. The predicted octanol–water partition coefficient (Wildman–Crippen LogP) is -2.80. The highest BCUT2D eigenvalue weighted by Gasteiger charge is 2.48. The lowest BCUT2D eigenvalue weighted by Crippen LogP contribution is -2.41. The third-order valence-electron chi connectivity index (χ3n) is 5.24. The molecule has 0 spiro atoms. The van der Waals surface area contributed by atoms with E-state index >= 15 is 0 Å². The molecule has 1 heterocycles. The fourth-order valence-corrected chi connectivity index (χ4v) is 4.87. The predicted molar refractivity (Wildman–Crippen MR) is 93.9 cm³/mol. The minimum absolute atomic E-state index is 0.116. The van der Waals surface area contributed by atoms with Crippen LogP contribution in [0.5, 0.6) is 0 Å². The zero-order valence-electron chi connectivity index (χ0n) is 17.4. The fraction of sp³-hybridized carbons (Fsp3) is 0.833. The molecule has 1 N–H and O–H groups in total. The Morgan fingerprint density at radius 1 is 1.06 bits per heavy atom. The largest absolute Gasteiger partial charge is 0.756 e. The monoisotopic (exact) mass is 466 g/mol. The van der Waals surface area contributed by atoms with Gasteiger partial charge in [-0.15, -0.1) is 0 Å². The average molecular weight is 466 g/mol. The van der Waals surface area contributed by atoms with Gasteiger partial charge in [0.2, 0.25) is 0 Å². The number of aliphatic hydroxyl groups excluding tert-OH is 1. The summed E-state index contributed by atoms with van der Waals surface area (Å²) in [5, 5.41) is 43.2. The highest BCUT2D eigenvalue weighted by molar-refractivity contribution is 7.45. The Bertz CT molecular complexity index is 633. The van der Waals surface area contributed by atoms with Crippen molar-refractivity contribution >= 4 is 25.7 Å². The third-order valence-corrected chi connectivity index (χ3v) is 6.39. The number of carboxylic acid groups (broad SMARTS) is 3. The number of rotatable bonds is 15. The summed E-state index contributed by atoms with van der Waals surface area (Å²) in [6.07, 6.45) is -5.40. The van der Waals surface area contributed by atoms with Gasteiger partial charge in [0.15, 0.2) is 6.29 Å². The molecule has 4 unspecified atom stereocenters. The Morgan fingerprint density at radius 3 is 1.90 bits per heavy atom. The van der Waals surface area contributed by atoms with Crippen LogP contribution in [0, 0.1) is 11.3 Å². The Kier molecular flexibility index (Phi) is 10.5. The first-order chi connectivity index (χ1) is 14.3. The number of aliphatic hydroxyl groups is 1. The Morgan fingerprint density at radius 2 is 1.52 bits per heavy atom. The van der Waals surface area contributed by atoms with E-state index in [-0.39, 0.29) is 25.7 Å². The van der Waals surface area contributed by atoms with Crippen molar-refractivity contribution in [1.82, 2.24) is 0 Å². The van der Waals surface area contributed by atoms with Crippen LogP contribution in [0.1, 0.15) is 58.8 Å². The molecule has 0 saturated carbocycles. The first kappa shape index (κ1) is 27.5. The molecule has 0 aromatic heterocycles. The maximum atomic E-state index is 11.9. The molecular formula is C18H27O12P-4. The molecule has 12 nitrogen and oxygen atoms in total. The zero-order valence-corrected chi connectivity index (χ0v) is 18.2. The number of phosphoric acid groups is 1. The van der Waals surface area contributed by atoms with Gasteiger partial charge >= 0.3 is 0 Å². The molecule has 1 saturated heterocycles. The Hall–Kier alpha value is -1.56. The fourth-order valence-electron chi connectivity index (χ4n) is 3.96. The van der Waals surface area contributed by atoms with Crippen LogP contribution >= 0.6 is 7.82 Å². The van der Waals surface area contributed by atoms with Crippen molar-refractivity contribution in [1.29, 1.82) is 0 Å². The summed E-state index contributed by atoms with van der Waals surface area (Å²) < 4.78 is 26.7. The van der Waals surface area contributed by atoms with Crippen LogP contribution in [0.15, 0.2) is 0 Å². The second-order valence-electron chi connectivity index (χ2n) is 7.85. The van der Waals surface area contributed by atoms with Crippen LogP contribution in [-0.4, -0.2) is 48.1 Å². The van der Waals surface area contributed by atoms with Crippen molar-refractivity contribution in [3.05, 3.63) is 0 Å². The van der Waals surface area contributed by atoms with Gasteiger partial charge in [0.1, 0.15) is 0 Å². The Labute approximate surface area is 179 Å². The van der Waals surface area contributed by atoms with E-state index in [4.69, 9.17) is 9.26 Å². The maximum absolute atomic E-state index is 11.9. The lowest BCUT2D eigenvalue weighted by molar-refractivity contribution is -0.306. The van der Waals surface area contributed by atoms with E-state index in [1.807, 2.05) is 0 Å². The van der Waals surface area contributed by atoms with Crippen molar-refractivity contribution in [2.45, 2.75) is 77.3 Å². The first-order valence-corrected chi connectivity index (χ1v) is 11.3. The summed E-state index contributed by atoms with van der Waals surface area (Å²) in [6, 6.07) is 0. The van der Waals surface area contributed by atoms with Gasteiger partial charge in [-0.2, -0.15) is 0 Å². The minimum Gasteiger partial charge on any atom is -0.756 e. The van der Waals surface area contributed by atoms with E-state index in [0.29, 0.717) is 0 Å². The molecule has 0 amide bonds. The van der Waals surface area contributed by atoms with E-state index in [0.717, 1.165) is 0 Å². The number of phosphoric ester groups is 1. The Balaban J connectivity index is 3.18. The molecule has 180 valence electrons. The van der Waals surface area contributed by atoms with Crippen molar-refractivity contribution < 1.29 is 58.1 Å².